The van der Waals surface area contributed by atoms with Gasteiger partial charge in [0.1, 0.15) is 0 Å². The summed E-state index contributed by atoms with van der Waals surface area (Å²) < 4.78 is 23.7. The summed E-state index contributed by atoms with van der Waals surface area (Å²) in [5.41, 5.74) is 6.09. The van der Waals surface area contributed by atoms with Gasteiger partial charge in [-0.2, -0.15) is 0 Å². The molecule has 96 valence electrons. The van der Waals surface area contributed by atoms with Crippen LogP contribution in [0.4, 0.5) is 5.69 Å². The molecule has 0 aliphatic heterocycles. The number of para-hydroxylation sites is 1. The predicted octanol–water partition coefficient (Wildman–Crippen LogP) is 1.63. The maximum atomic E-state index is 11.9. The average Bonchev–Trinajstić information content (AvgIpc) is 2.35. The van der Waals surface area contributed by atoms with E-state index in [1.54, 1.807) is 25.1 Å². The Morgan fingerprint density at radius 2 is 1.94 bits per heavy atom. The van der Waals surface area contributed by atoms with Crippen molar-refractivity contribution >= 4 is 15.5 Å². The number of anilines is 1. The number of unbranched alkanes of at least 4 members (excludes halogenated alkanes) is 1. The van der Waals surface area contributed by atoms with Gasteiger partial charge in [-0.1, -0.05) is 19.1 Å². The lowest BCUT2D eigenvalue weighted by Gasteiger charge is -2.11. The topological polar surface area (TPSA) is 72.2 Å². The number of nitrogens with one attached hydrogen (secondary N) is 1. The van der Waals surface area contributed by atoms with Gasteiger partial charge < -0.3 is 11.1 Å². The summed E-state index contributed by atoms with van der Waals surface area (Å²) in [5.74, 6) is 0.120. The second-order valence-electron chi connectivity index (χ2n) is 3.82. The van der Waals surface area contributed by atoms with Crippen molar-refractivity contribution in [2.45, 2.75) is 24.7 Å². The Morgan fingerprint density at radius 3 is 2.59 bits per heavy atom. The van der Waals surface area contributed by atoms with Crippen LogP contribution in [0.25, 0.3) is 0 Å². The van der Waals surface area contributed by atoms with Crippen LogP contribution in [-0.2, 0) is 9.84 Å². The first kappa shape index (κ1) is 14.0. The van der Waals surface area contributed by atoms with Crippen LogP contribution in [0, 0.1) is 0 Å². The zero-order chi connectivity index (χ0) is 12.7. The van der Waals surface area contributed by atoms with Crippen molar-refractivity contribution in [1.82, 2.24) is 0 Å². The van der Waals surface area contributed by atoms with E-state index in [0.717, 1.165) is 19.4 Å². The number of benzene rings is 1. The highest BCUT2D eigenvalue weighted by molar-refractivity contribution is 7.91. The lowest BCUT2D eigenvalue weighted by molar-refractivity contribution is 0.597. The predicted molar refractivity (Wildman–Crippen MR) is 70.9 cm³/mol. The zero-order valence-electron chi connectivity index (χ0n) is 10.1. The lowest BCUT2D eigenvalue weighted by Crippen LogP contribution is -2.11. The van der Waals surface area contributed by atoms with E-state index < -0.39 is 9.84 Å². The molecule has 3 N–H and O–H groups in total. The Balaban J connectivity index is 2.79. The Labute approximate surface area is 103 Å². The monoisotopic (exact) mass is 256 g/mol. The second kappa shape index (κ2) is 6.61. The van der Waals surface area contributed by atoms with E-state index >= 15 is 0 Å². The first-order valence-corrected chi connectivity index (χ1v) is 7.52. The van der Waals surface area contributed by atoms with Crippen molar-refractivity contribution in [2.24, 2.45) is 5.73 Å². The maximum absolute atomic E-state index is 11.9. The van der Waals surface area contributed by atoms with Gasteiger partial charge in [0.25, 0.3) is 0 Å². The van der Waals surface area contributed by atoms with Gasteiger partial charge in [-0.15, -0.1) is 0 Å². The van der Waals surface area contributed by atoms with Crippen molar-refractivity contribution in [3.05, 3.63) is 24.3 Å². The van der Waals surface area contributed by atoms with E-state index in [9.17, 15) is 8.42 Å². The normalized spacial score (nSPS) is 11.4. The molecule has 0 bridgehead atoms. The molecule has 0 atom stereocenters. The lowest BCUT2D eigenvalue weighted by atomic mass is 10.3. The van der Waals surface area contributed by atoms with Gasteiger partial charge in [0.05, 0.1) is 16.3 Å². The molecule has 0 radical (unpaired) electrons. The van der Waals surface area contributed by atoms with Gasteiger partial charge >= 0.3 is 0 Å². The number of nitrogens with two attached hydrogens (primary N) is 1. The van der Waals surface area contributed by atoms with Crippen molar-refractivity contribution in [2.75, 3.05) is 24.2 Å². The summed E-state index contributed by atoms with van der Waals surface area (Å²) in [7, 11) is -3.16. The minimum absolute atomic E-state index is 0.120. The molecule has 0 aliphatic carbocycles. The highest BCUT2D eigenvalue weighted by atomic mass is 32.2. The quantitative estimate of drug-likeness (QED) is 0.727. The fourth-order valence-corrected chi connectivity index (χ4v) is 2.60. The molecule has 0 spiro atoms. The van der Waals surface area contributed by atoms with Crippen LogP contribution < -0.4 is 11.1 Å². The number of rotatable bonds is 7. The number of hydrogen-bond donors (Lipinski definition) is 2. The maximum Gasteiger partial charge on any atom is 0.180 e. The third kappa shape index (κ3) is 4.02. The Morgan fingerprint density at radius 1 is 1.24 bits per heavy atom. The highest BCUT2D eigenvalue weighted by Crippen LogP contribution is 2.21. The van der Waals surface area contributed by atoms with Gasteiger partial charge in [0, 0.05) is 6.54 Å². The van der Waals surface area contributed by atoms with Crippen molar-refractivity contribution in [1.29, 1.82) is 0 Å². The smallest absolute Gasteiger partial charge is 0.180 e. The van der Waals surface area contributed by atoms with Crippen LogP contribution in [0.5, 0.6) is 0 Å². The SMILES string of the molecule is CCS(=O)(=O)c1ccccc1NCCCCN. The van der Waals surface area contributed by atoms with Gasteiger partial charge in [-0.05, 0) is 31.5 Å². The molecule has 0 heterocycles. The summed E-state index contributed by atoms with van der Waals surface area (Å²) in [5, 5.41) is 3.15. The van der Waals surface area contributed by atoms with Crippen LogP contribution >= 0.6 is 0 Å². The molecule has 0 aliphatic rings. The number of hydrogen-bond acceptors (Lipinski definition) is 4. The molecule has 0 saturated heterocycles. The molecule has 0 unspecified atom stereocenters. The van der Waals surface area contributed by atoms with Gasteiger partial charge in [-0.25, -0.2) is 8.42 Å². The molecule has 0 saturated carbocycles. The van der Waals surface area contributed by atoms with Crippen LogP contribution in [0.1, 0.15) is 19.8 Å². The highest BCUT2D eigenvalue weighted by Gasteiger charge is 2.15. The first-order valence-electron chi connectivity index (χ1n) is 5.87. The Kier molecular flexibility index (Phi) is 5.44. The van der Waals surface area contributed by atoms with E-state index in [0.29, 0.717) is 17.1 Å². The summed E-state index contributed by atoms with van der Waals surface area (Å²) in [6.45, 7) is 3.06. The molecule has 1 rings (SSSR count). The van der Waals surface area contributed by atoms with Gasteiger partial charge in [0.15, 0.2) is 9.84 Å². The van der Waals surface area contributed by atoms with Crippen molar-refractivity contribution < 1.29 is 8.42 Å². The van der Waals surface area contributed by atoms with Crippen LogP contribution in [0.3, 0.4) is 0 Å². The van der Waals surface area contributed by atoms with E-state index in [1.807, 2.05) is 6.07 Å². The second-order valence-corrected chi connectivity index (χ2v) is 6.07. The standard InChI is InChI=1S/C12H20N2O2S/c1-2-17(15,16)12-8-4-3-7-11(12)14-10-6-5-9-13/h3-4,7-8,14H,2,5-6,9-10,13H2,1H3. The van der Waals surface area contributed by atoms with Crippen LogP contribution in [0.2, 0.25) is 0 Å². The fourth-order valence-electron chi connectivity index (χ4n) is 1.53. The Hall–Kier alpha value is -1.07. The molecular formula is C12H20N2O2S. The molecule has 5 heteroatoms. The summed E-state index contributed by atoms with van der Waals surface area (Å²) in [6, 6.07) is 7.02. The van der Waals surface area contributed by atoms with Crippen molar-refractivity contribution in [3.63, 3.8) is 0 Å². The van der Waals surface area contributed by atoms with E-state index in [2.05, 4.69) is 5.32 Å². The molecule has 0 amide bonds. The van der Waals surface area contributed by atoms with Crippen LogP contribution in [0.15, 0.2) is 29.2 Å². The number of sulfone groups is 1. The molecule has 0 fully saturated rings. The minimum atomic E-state index is -3.16. The van der Waals surface area contributed by atoms with Crippen molar-refractivity contribution in [3.8, 4) is 0 Å². The summed E-state index contributed by atoms with van der Waals surface area (Å²) in [6.07, 6.45) is 1.88. The zero-order valence-corrected chi connectivity index (χ0v) is 11.0. The van der Waals surface area contributed by atoms with E-state index in [-0.39, 0.29) is 5.75 Å². The first-order chi connectivity index (χ1) is 8.11. The molecule has 4 nitrogen and oxygen atoms in total. The Bertz CT molecular complexity index is 444. The summed E-state index contributed by atoms with van der Waals surface area (Å²) >= 11 is 0. The summed E-state index contributed by atoms with van der Waals surface area (Å²) in [4.78, 5) is 0.384. The fraction of sp³-hybridized carbons (Fsp3) is 0.500. The van der Waals surface area contributed by atoms with Gasteiger partial charge in [-0.3, -0.25) is 0 Å². The largest absolute Gasteiger partial charge is 0.384 e. The third-order valence-electron chi connectivity index (χ3n) is 2.55. The molecule has 0 aromatic heterocycles. The van der Waals surface area contributed by atoms with E-state index in [4.69, 9.17) is 5.73 Å². The molecular weight excluding hydrogens is 236 g/mol. The third-order valence-corrected chi connectivity index (χ3v) is 4.33. The molecule has 1 aromatic rings. The average molecular weight is 256 g/mol. The molecule has 1 aromatic carbocycles. The molecule has 17 heavy (non-hydrogen) atoms. The van der Waals surface area contributed by atoms with Gasteiger partial charge in [0.2, 0.25) is 0 Å². The van der Waals surface area contributed by atoms with Crippen LogP contribution in [-0.4, -0.2) is 27.3 Å². The van der Waals surface area contributed by atoms with E-state index in [1.165, 1.54) is 0 Å². The minimum Gasteiger partial charge on any atom is -0.384 e.